The first kappa shape index (κ1) is 11.5. The van der Waals surface area contributed by atoms with Crippen molar-refractivity contribution in [2.75, 3.05) is 13.1 Å². The molecule has 1 aliphatic rings. The van der Waals surface area contributed by atoms with E-state index in [0.29, 0.717) is 12.0 Å². The third-order valence-corrected chi connectivity index (χ3v) is 3.37. The summed E-state index contributed by atoms with van der Waals surface area (Å²) in [6.45, 7) is 6.54. The van der Waals surface area contributed by atoms with Gasteiger partial charge in [0.25, 0.3) is 0 Å². The van der Waals surface area contributed by atoms with Crippen LogP contribution in [0.5, 0.6) is 5.75 Å². The van der Waals surface area contributed by atoms with Crippen LogP contribution in [-0.2, 0) is 0 Å². The van der Waals surface area contributed by atoms with E-state index in [1.807, 2.05) is 0 Å². The summed E-state index contributed by atoms with van der Waals surface area (Å²) in [5.41, 5.74) is 1.34. The zero-order valence-electron chi connectivity index (χ0n) is 10.2. The number of ether oxygens (including phenoxy) is 1. The van der Waals surface area contributed by atoms with Gasteiger partial charge in [0.15, 0.2) is 0 Å². The average molecular weight is 219 g/mol. The largest absolute Gasteiger partial charge is 0.489 e. The van der Waals surface area contributed by atoms with Gasteiger partial charge < -0.3 is 10.1 Å². The van der Waals surface area contributed by atoms with Crippen molar-refractivity contribution in [3.63, 3.8) is 0 Å². The Balaban J connectivity index is 2.12. The molecule has 88 valence electrons. The fourth-order valence-corrected chi connectivity index (χ4v) is 2.12. The van der Waals surface area contributed by atoms with Gasteiger partial charge in [-0.2, -0.15) is 0 Å². The number of nitrogens with one attached hydrogen (secondary N) is 1. The molecular formula is C14H21NO. The lowest BCUT2D eigenvalue weighted by Gasteiger charge is -2.18. The predicted octanol–water partition coefficient (Wildman–Crippen LogP) is 2.94. The molecule has 1 fully saturated rings. The molecule has 1 aromatic rings. The number of benzene rings is 1. The molecule has 1 saturated heterocycles. The Hall–Kier alpha value is -1.02. The first-order chi connectivity index (χ1) is 7.81. The van der Waals surface area contributed by atoms with Crippen molar-refractivity contribution in [2.45, 2.75) is 38.7 Å². The highest BCUT2D eigenvalue weighted by Crippen LogP contribution is 2.29. The van der Waals surface area contributed by atoms with Gasteiger partial charge in [0.1, 0.15) is 11.9 Å². The van der Waals surface area contributed by atoms with Gasteiger partial charge in [0.05, 0.1) is 0 Å². The molecular weight excluding hydrogens is 198 g/mol. The van der Waals surface area contributed by atoms with Crippen LogP contribution in [0.3, 0.4) is 0 Å². The van der Waals surface area contributed by atoms with Gasteiger partial charge in [-0.3, -0.25) is 0 Å². The lowest BCUT2D eigenvalue weighted by atomic mass is 9.98. The Morgan fingerprint density at radius 3 is 2.94 bits per heavy atom. The van der Waals surface area contributed by atoms with E-state index in [-0.39, 0.29) is 0 Å². The summed E-state index contributed by atoms with van der Waals surface area (Å²) in [5, 5.41) is 3.33. The number of para-hydroxylation sites is 1. The molecule has 1 heterocycles. The molecule has 1 aliphatic heterocycles. The Morgan fingerprint density at radius 2 is 2.25 bits per heavy atom. The molecule has 1 aromatic carbocycles. The fourth-order valence-electron chi connectivity index (χ4n) is 2.12. The van der Waals surface area contributed by atoms with Crippen molar-refractivity contribution >= 4 is 0 Å². The molecule has 0 amide bonds. The quantitative estimate of drug-likeness (QED) is 0.840. The molecule has 2 unspecified atom stereocenters. The molecule has 0 spiro atoms. The Bertz CT molecular complexity index is 331. The van der Waals surface area contributed by atoms with E-state index in [1.54, 1.807) is 0 Å². The third kappa shape index (κ3) is 2.56. The highest BCUT2D eigenvalue weighted by molar-refractivity contribution is 5.36. The first-order valence-corrected chi connectivity index (χ1v) is 6.27. The van der Waals surface area contributed by atoms with E-state index < -0.39 is 0 Å². The van der Waals surface area contributed by atoms with Gasteiger partial charge in [-0.05, 0) is 36.9 Å². The van der Waals surface area contributed by atoms with Crippen molar-refractivity contribution in [3.05, 3.63) is 29.8 Å². The number of hydrogen-bond acceptors (Lipinski definition) is 2. The van der Waals surface area contributed by atoms with Crippen LogP contribution in [0, 0.1) is 0 Å². The van der Waals surface area contributed by atoms with Crippen molar-refractivity contribution < 1.29 is 4.74 Å². The summed E-state index contributed by atoms with van der Waals surface area (Å²) in [7, 11) is 0. The minimum Gasteiger partial charge on any atom is -0.489 e. The summed E-state index contributed by atoms with van der Waals surface area (Å²) >= 11 is 0. The normalized spacial score (nSPS) is 22.0. The highest BCUT2D eigenvalue weighted by atomic mass is 16.5. The lowest BCUT2D eigenvalue weighted by Crippen LogP contribution is -2.20. The van der Waals surface area contributed by atoms with Gasteiger partial charge in [-0.15, -0.1) is 0 Å². The van der Waals surface area contributed by atoms with Crippen LogP contribution >= 0.6 is 0 Å². The standard InChI is InChI=1S/C14H21NO/c1-3-11(2)13-6-4-5-7-14(13)16-12-8-9-15-10-12/h4-7,11-12,15H,3,8-10H2,1-2H3. The maximum atomic E-state index is 6.07. The van der Waals surface area contributed by atoms with E-state index in [4.69, 9.17) is 4.74 Å². The summed E-state index contributed by atoms with van der Waals surface area (Å²) in [5.74, 6) is 1.65. The van der Waals surface area contributed by atoms with Crippen molar-refractivity contribution in [1.82, 2.24) is 5.32 Å². The monoisotopic (exact) mass is 219 g/mol. The Morgan fingerprint density at radius 1 is 1.44 bits per heavy atom. The molecule has 2 nitrogen and oxygen atoms in total. The summed E-state index contributed by atoms with van der Waals surface area (Å²) in [6, 6.07) is 8.44. The summed E-state index contributed by atoms with van der Waals surface area (Å²) < 4.78 is 6.07. The van der Waals surface area contributed by atoms with Crippen LogP contribution in [0.25, 0.3) is 0 Å². The van der Waals surface area contributed by atoms with Gasteiger partial charge in [-0.25, -0.2) is 0 Å². The molecule has 0 aromatic heterocycles. The second-order valence-electron chi connectivity index (χ2n) is 4.58. The minimum atomic E-state index is 0.352. The molecule has 2 heteroatoms. The van der Waals surface area contributed by atoms with Crippen LogP contribution in [0.4, 0.5) is 0 Å². The second kappa shape index (κ2) is 5.35. The molecule has 0 aliphatic carbocycles. The number of rotatable bonds is 4. The van der Waals surface area contributed by atoms with E-state index in [2.05, 4.69) is 43.4 Å². The first-order valence-electron chi connectivity index (χ1n) is 6.27. The Labute approximate surface area is 98.0 Å². The summed E-state index contributed by atoms with van der Waals surface area (Å²) in [4.78, 5) is 0. The molecule has 16 heavy (non-hydrogen) atoms. The fraction of sp³-hybridized carbons (Fsp3) is 0.571. The van der Waals surface area contributed by atoms with E-state index in [9.17, 15) is 0 Å². The van der Waals surface area contributed by atoms with Gasteiger partial charge in [-0.1, -0.05) is 32.0 Å². The lowest BCUT2D eigenvalue weighted by molar-refractivity contribution is 0.220. The van der Waals surface area contributed by atoms with Crippen LogP contribution in [0.1, 0.15) is 38.2 Å². The predicted molar refractivity (Wildman–Crippen MR) is 67.1 cm³/mol. The van der Waals surface area contributed by atoms with Crippen LogP contribution in [0.15, 0.2) is 24.3 Å². The van der Waals surface area contributed by atoms with Gasteiger partial charge >= 0.3 is 0 Å². The van der Waals surface area contributed by atoms with Crippen molar-refractivity contribution in [2.24, 2.45) is 0 Å². The Kier molecular flexibility index (Phi) is 3.83. The van der Waals surface area contributed by atoms with Crippen molar-refractivity contribution in [1.29, 1.82) is 0 Å². The molecule has 2 atom stereocenters. The van der Waals surface area contributed by atoms with Crippen LogP contribution in [-0.4, -0.2) is 19.2 Å². The number of hydrogen-bond donors (Lipinski definition) is 1. The third-order valence-electron chi connectivity index (χ3n) is 3.37. The zero-order chi connectivity index (χ0) is 11.4. The second-order valence-corrected chi connectivity index (χ2v) is 4.58. The van der Waals surface area contributed by atoms with Crippen molar-refractivity contribution in [3.8, 4) is 5.75 Å². The zero-order valence-corrected chi connectivity index (χ0v) is 10.2. The summed E-state index contributed by atoms with van der Waals surface area (Å²) in [6.07, 6.45) is 2.63. The smallest absolute Gasteiger partial charge is 0.123 e. The van der Waals surface area contributed by atoms with Crippen LogP contribution < -0.4 is 10.1 Å². The van der Waals surface area contributed by atoms with Crippen LogP contribution in [0.2, 0.25) is 0 Å². The van der Waals surface area contributed by atoms with Gasteiger partial charge in [0, 0.05) is 6.54 Å². The SMILES string of the molecule is CCC(C)c1ccccc1OC1CCNC1. The van der Waals surface area contributed by atoms with E-state index in [0.717, 1.165) is 31.7 Å². The molecule has 0 bridgehead atoms. The topological polar surface area (TPSA) is 21.3 Å². The average Bonchev–Trinajstić information content (AvgIpc) is 2.82. The minimum absolute atomic E-state index is 0.352. The molecule has 0 saturated carbocycles. The molecule has 0 radical (unpaired) electrons. The molecule has 1 N–H and O–H groups in total. The highest BCUT2D eigenvalue weighted by Gasteiger charge is 2.18. The van der Waals surface area contributed by atoms with Gasteiger partial charge in [0.2, 0.25) is 0 Å². The maximum absolute atomic E-state index is 6.07. The molecule has 2 rings (SSSR count). The maximum Gasteiger partial charge on any atom is 0.123 e. The van der Waals surface area contributed by atoms with E-state index in [1.165, 1.54) is 5.56 Å². The van der Waals surface area contributed by atoms with E-state index >= 15 is 0 Å².